The Morgan fingerprint density at radius 3 is 2.58 bits per heavy atom. The number of carbonyl (C=O) groups is 3. The number of rotatable bonds is 6. The lowest BCUT2D eigenvalue weighted by molar-refractivity contribution is -0.139. The summed E-state index contributed by atoms with van der Waals surface area (Å²) < 4.78 is 5.42. The van der Waals surface area contributed by atoms with Crippen molar-refractivity contribution < 1.29 is 19.1 Å². The van der Waals surface area contributed by atoms with Gasteiger partial charge in [-0.05, 0) is 38.8 Å². The Bertz CT molecular complexity index is 931. The van der Waals surface area contributed by atoms with Gasteiger partial charge in [-0.2, -0.15) is 0 Å². The lowest BCUT2D eigenvalue weighted by Crippen LogP contribution is -2.57. The molecule has 0 bridgehead atoms. The van der Waals surface area contributed by atoms with Crippen LogP contribution in [0.5, 0.6) is 0 Å². The number of piperazine rings is 1. The quantitative estimate of drug-likeness (QED) is 0.639. The number of nitrogens with one attached hydrogen (secondary N) is 2. The minimum absolute atomic E-state index is 0.00633. The van der Waals surface area contributed by atoms with Crippen LogP contribution in [0.3, 0.4) is 0 Å². The summed E-state index contributed by atoms with van der Waals surface area (Å²) in [6, 6.07) is 6.81. The predicted octanol–water partition coefficient (Wildman–Crippen LogP) is 2.24. The molecule has 2 atom stereocenters. The molecule has 2 N–H and O–H groups in total. The van der Waals surface area contributed by atoms with Gasteiger partial charge in [-0.25, -0.2) is 14.4 Å². The molecule has 3 rings (SSSR count). The van der Waals surface area contributed by atoms with Crippen LogP contribution in [-0.2, 0) is 9.53 Å². The van der Waals surface area contributed by atoms with Gasteiger partial charge in [-0.15, -0.1) is 0 Å². The molecule has 0 saturated carbocycles. The van der Waals surface area contributed by atoms with Crippen molar-refractivity contribution >= 4 is 18.0 Å². The van der Waals surface area contributed by atoms with E-state index in [9.17, 15) is 14.4 Å². The number of esters is 1. The Morgan fingerprint density at radius 2 is 1.94 bits per heavy atom. The van der Waals surface area contributed by atoms with Crippen LogP contribution in [0.25, 0.3) is 0 Å². The molecule has 0 aromatic heterocycles. The fourth-order valence-electron chi connectivity index (χ4n) is 4.48. The smallest absolute Gasteiger partial charge is 0.338 e. The molecule has 2 aliphatic heterocycles. The lowest BCUT2D eigenvalue weighted by atomic mass is 9.91. The molecule has 1 aromatic carbocycles. The first kappa shape index (κ1) is 24.6. The number of urea groups is 2. The molecule has 9 nitrogen and oxygen atoms in total. The second kappa shape index (κ2) is 10.7. The summed E-state index contributed by atoms with van der Waals surface area (Å²) in [4.78, 5) is 43.8. The van der Waals surface area contributed by atoms with Gasteiger partial charge in [0.15, 0.2) is 0 Å². The fourth-order valence-corrected chi connectivity index (χ4v) is 4.48. The van der Waals surface area contributed by atoms with Gasteiger partial charge in [0.05, 0.1) is 18.2 Å². The number of benzene rings is 1. The summed E-state index contributed by atoms with van der Waals surface area (Å²) in [5.41, 5.74) is 2.93. The molecule has 2 aliphatic rings. The van der Waals surface area contributed by atoms with Gasteiger partial charge in [0, 0.05) is 51.5 Å². The van der Waals surface area contributed by atoms with Crippen molar-refractivity contribution in [3.63, 3.8) is 0 Å². The molecule has 1 aromatic rings. The van der Waals surface area contributed by atoms with Gasteiger partial charge >= 0.3 is 18.0 Å². The number of carbonyl (C=O) groups excluding carboxylic acids is 3. The Balaban J connectivity index is 1.94. The second-order valence-corrected chi connectivity index (χ2v) is 8.49. The first-order valence-corrected chi connectivity index (χ1v) is 11.5. The molecule has 0 radical (unpaired) electrons. The highest BCUT2D eigenvalue weighted by Gasteiger charge is 2.38. The summed E-state index contributed by atoms with van der Waals surface area (Å²) in [5, 5.41) is 5.83. The maximum absolute atomic E-state index is 13.1. The fraction of sp³-hybridized carbons (Fsp3) is 0.542. The van der Waals surface area contributed by atoms with E-state index in [0.717, 1.165) is 11.1 Å². The molecule has 0 aliphatic carbocycles. The molecule has 1 fully saturated rings. The molecular formula is C24H35N5O4. The SMILES string of the molecule is CCNC(=O)N1CCN(CC2=C(C(=O)OCC)[C@@H](c3ccccc3C)NC(=O)N2C)C[C@H]1C. The normalized spacial score (nSPS) is 21.7. The van der Waals surface area contributed by atoms with Crippen molar-refractivity contribution in [3.05, 3.63) is 46.7 Å². The van der Waals surface area contributed by atoms with E-state index >= 15 is 0 Å². The Morgan fingerprint density at radius 1 is 1.21 bits per heavy atom. The van der Waals surface area contributed by atoms with Crippen LogP contribution in [-0.4, -0.2) is 85.2 Å². The van der Waals surface area contributed by atoms with Gasteiger partial charge < -0.3 is 20.3 Å². The first-order valence-electron chi connectivity index (χ1n) is 11.5. The zero-order valence-corrected chi connectivity index (χ0v) is 20.2. The van der Waals surface area contributed by atoms with Crippen molar-refractivity contribution in [2.45, 2.75) is 39.8 Å². The minimum Gasteiger partial charge on any atom is -0.463 e. The van der Waals surface area contributed by atoms with E-state index in [0.29, 0.717) is 44.0 Å². The van der Waals surface area contributed by atoms with Crippen LogP contribution < -0.4 is 10.6 Å². The van der Waals surface area contributed by atoms with E-state index in [-0.39, 0.29) is 24.7 Å². The number of hydrogen-bond acceptors (Lipinski definition) is 5. The first-order chi connectivity index (χ1) is 15.8. The van der Waals surface area contributed by atoms with Crippen molar-refractivity contribution in [1.29, 1.82) is 0 Å². The summed E-state index contributed by atoms with van der Waals surface area (Å²) in [6.07, 6.45) is 0. The average molecular weight is 458 g/mol. The van der Waals surface area contributed by atoms with Gasteiger partial charge in [-0.3, -0.25) is 9.80 Å². The van der Waals surface area contributed by atoms with Gasteiger partial charge in [-0.1, -0.05) is 24.3 Å². The molecule has 9 heteroatoms. The van der Waals surface area contributed by atoms with Crippen LogP contribution >= 0.6 is 0 Å². The second-order valence-electron chi connectivity index (χ2n) is 8.49. The maximum Gasteiger partial charge on any atom is 0.338 e. The summed E-state index contributed by atoms with van der Waals surface area (Å²) in [6.45, 7) is 10.7. The summed E-state index contributed by atoms with van der Waals surface area (Å²) in [7, 11) is 1.67. The van der Waals surface area contributed by atoms with Crippen LogP contribution in [0.15, 0.2) is 35.5 Å². The van der Waals surface area contributed by atoms with Crippen LogP contribution in [0.1, 0.15) is 37.9 Å². The van der Waals surface area contributed by atoms with Crippen LogP contribution in [0.4, 0.5) is 9.59 Å². The van der Waals surface area contributed by atoms with Crippen molar-refractivity contribution in [2.75, 3.05) is 46.4 Å². The van der Waals surface area contributed by atoms with E-state index in [1.807, 2.05) is 49.9 Å². The Labute approximate surface area is 195 Å². The van der Waals surface area contributed by atoms with E-state index in [2.05, 4.69) is 15.5 Å². The Hall–Kier alpha value is -3.07. The molecule has 2 heterocycles. The zero-order valence-electron chi connectivity index (χ0n) is 20.2. The van der Waals surface area contributed by atoms with Crippen LogP contribution in [0.2, 0.25) is 0 Å². The molecule has 0 unspecified atom stereocenters. The standard InChI is InChI=1S/C24H35N5O4/c1-6-25-23(31)29-13-12-28(14-17(29)4)15-19-20(22(30)33-7-2)21(26-24(32)27(19)5)18-11-9-8-10-16(18)3/h8-11,17,21H,6-7,12-15H2,1-5H3,(H,25,31)(H,26,32)/t17-,21-/m1/s1. The predicted molar refractivity (Wildman–Crippen MR) is 126 cm³/mol. The van der Waals surface area contributed by atoms with Crippen molar-refractivity contribution in [2.24, 2.45) is 0 Å². The topological polar surface area (TPSA) is 94.2 Å². The molecule has 33 heavy (non-hydrogen) atoms. The Kier molecular flexibility index (Phi) is 7.97. The highest BCUT2D eigenvalue weighted by Crippen LogP contribution is 2.33. The highest BCUT2D eigenvalue weighted by atomic mass is 16.5. The summed E-state index contributed by atoms with van der Waals surface area (Å²) >= 11 is 0. The highest BCUT2D eigenvalue weighted by molar-refractivity contribution is 5.95. The number of likely N-dealkylation sites (N-methyl/N-ethyl adjacent to an activating group) is 1. The average Bonchev–Trinajstić information content (AvgIpc) is 2.77. The van der Waals surface area contributed by atoms with E-state index < -0.39 is 12.0 Å². The van der Waals surface area contributed by atoms with E-state index in [4.69, 9.17) is 4.74 Å². The van der Waals surface area contributed by atoms with E-state index in [1.54, 1.807) is 14.0 Å². The molecule has 0 spiro atoms. The van der Waals surface area contributed by atoms with Gasteiger partial charge in [0.2, 0.25) is 0 Å². The number of aryl methyl sites for hydroxylation is 1. The lowest BCUT2D eigenvalue weighted by Gasteiger charge is -2.42. The monoisotopic (exact) mass is 457 g/mol. The van der Waals surface area contributed by atoms with Crippen molar-refractivity contribution in [1.82, 2.24) is 25.3 Å². The third-order valence-corrected chi connectivity index (χ3v) is 6.25. The number of hydrogen-bond donors (Lipinski definition) is 2. The van der Waals surface area contributed by atoms with Crippen LogP contribution in [0, 0.1) is 6.92 Å². The molecule has 180 valence electrons. The van der Waals surface area contributed by atoms with Gasteiger partial charge in [0.1, 0.15) is 0 Å². The minimum atomic E-state index is -0.585. The number of nitrogens with zero attached hydrogens (tertiary/aromatic N) is 3. The molecular weight excluding hydrogens is 422 g/mol. The number of amides is 4. The largest absolute Gasteiger partial charge is 0.463 e. The van der Waals surface area contributed by atoms with Crippen molar-refractivity contribution in [3.8, 4) is 0 Å². The van der Waals surface area contributed by atoms with Gasteiger partial charge in [0.25, 0.3) is 0 Å². The number of ether oxygens (including phenoxy) is 1. The zero-order chi connectivity index (χ0) is 24.1. The maximum atomic E-state index is 13.1. The molecule has 1 saturated heterocycles. The third-order valence-electron chi connectivity index (χ3n) is 6.25. The van der Waals surface area contributed by atoms with E-state index in [1.165, 1.54) is 4.90 Å². The third kappa shape index (κ3) is 5.30. The summed E-state index contributed by atoms with van der Waals surface area (Å²) in [5.74, 6) is -0.429. The molecule has 4 amide bonds.